The Morgan fingerprint density at radius 2 is 2.07 bits per heavy atom. The molecule has 3 atom stereocenters. The Balaban J connectivity index is 1.40. The van der Waals surface area contributed by atoms with E-state index in [4.69, 9.17) is 9.15 Å². The molecule has 2 amide bonds. The third-order valence-corrected chi connectivity index (χ3v) is 6.19. The van der Waals surface area contributed by atoms with Crippen molar-refractivity contribution in [2.75, 3.05) is 13.6 Å². The summed E-state index contributed by atoms with van der Waals surface area (Å²) in [5, 5.41) is 19.4. The number of carbonyl (C=O) groups is 2. The van der Waals surface area contributed by atoms with E-state index in [0.29, 0.717) is 31.2 Å². The summed E-state index contributed by atoms with van der Waals surface area (Å²) in [6, 6.07) is -0.0638. The molecule has 2 heterocycles. The number of amides is 2. The maximum Gasteiger partial charge on any atom is 0.410 e. The van der Waals surface area contributed by atoms with Crippen LogP contribution in [0.25, 0.3) is 0 Å². The molecule has 3 fully saturated rings. The van der Waals surface area contributed by atoms with Crippen LogP contribution in [0.5, 0.6) is 0 Å². The van der Waals surface area contributed by atoms with Crippen molar-refractivity contribution in [3.8, 4) is 0 Å². The van der Waals surface area contributed by atoms with Crippen LogP contribution < -0.4 is 0 Å². The molecule has 3 aliphatic rings. The molecule has 1 aliphatic heterocycles. The van der Waals surface area contributed by atoms with Crippen molar-refractivity contribution in [1.29, 1.82) is 0 Å². The monoisotopic (exact) mass is 392 g/mol. The Morgan fingerprint density at radius 1 is 1.36 bits per heavy atom. The van der Waals surface area contributed by atoms with Gasteiger partial charge in [-0.25, -0.2) is 9.86 Å². The Kier molecular flexibility index (Phi) is 4.41. The third-order valence-electron chi connectivity index (χ3n) is 6.19. The van der Waals surface area contributed by atoms with Crippen LogP contribution in [0, 0.1) is 11.3 Å². The van der Waals surface area contributed by atoms with Gasteiger partial charge in [-0.3, -0.25) is 10.0 Å². The lowest BCUT2D eigenvalue weighted by Gasteiger charge is -2.32. The van der Waals surface area contributed by atoms with Crippen molar-refractivity contribution >= 4 is 12.0 Å². The van der Waals surface area contributed by atoms with Crippen LogP contribution in [0.2, 0.25) is 0 Å². The molecule has 2 aliphatic carbocycles. The van der Waals surface area contributed by atoms with E-state index in [9.17, 15) is 14.8 Å². The summed E-state index contributed by atoms with van der Waals surface area (Å²) in [5.74, 6) is 0.229. The van der Waals surface area contributed by atoms with E-state index in [-0.39, 0.29) is 29.2 Å². The first-order chi connectivity index (χ1) is 13.1. The fraction of sp³-hybridized carbons (Fsp3) is 0.789. The zero-order valence-corrected chi connectivity index (χ0v) is 16.8. The molecule has 0 radical (unpaired) electrons. The van der Waals surface area contributed by atoms with Crippen LogP contribution in [0.3, 0.4) is 0 Å². The number of hydroxylamine groups is 2. The van der Waals surface area contributed by atoms with Crippen LogP contribution in [0.1, 0.15) is 64.2 Å². The maximum absolute atomic E-state index is 12.4. The molecule has 2 bridgehead atoms. The summed E-state index contributed by atoms with van der Waals surface area (Å²) in [5.41, 5.74) is -0.539. The van der Waals surface area contributed by atoms with E-state index in [0.717, 1.165) is 24.3 Å². The predicted molar refractivity (Wildman–Crippen MR) is 96.4 cm³/mol. The van der Waals surface area contributed by atoms with Crippen molar-refractivity contribution in [2.24, 2.45) is 11.3 Å². The Labute approximate surface area is 164 Å². The number of nitrogens with zero attached hydrogens (tertiary/aromatic N) is 4. The molecule has 1 saturated heterocycles. The Bertz CT molecular complexity index is 782. The van der Waals surface area contributed by atoms with E-state index in [1.54, 1.807) is 7.05 Å². The first-order valence-corrected chi connectivity index (χ1v) is 9.88. The molecule has 1 aromatic heterocycles. The molecule has 2 unspecified atom stereocenters. The van der Waals surface area contributed by atoms with Gasteiger partial charge in [-0.1, -0.05) is 0 Å². The molecule has 0 aromatic carbocycles. The van der Waals surface area contributed by atoms with E-state index >= 15 is 0 Å². The second-order valence-electron chi connectivity index (χ2n) is 9.40. The number of hydrogen-bond donors (Lipinski definition) is 1. The molecule has 2 saturated carbocycles. The number of aromatic nitrogens is 2. The molecule has 1 N–H and O–H groups in total. The summed E-state index contributed by atoms with van der Waals surface area (Å²) in [4.78, 5) is 25.9. The van der Waals surface area contributed by atoms with Crippen molar-refractivity contribution in [2.45, 2.75) is 70.4 Å². The molecule has 28 heavy (non-hydrogen) atoms. The highest BCUT2D eigenvalue weighted by atomic mass is 16.6. The third kappa shape index (κ3) is 3.36. The van der Waals surface area contributed by atoms with E-state index in [2.05, 4.69) is 10.2 Å². The van der Waals surface area contributed by atoms with Crippen molar-refractivity contribution < 1.29 is 24.0 Å². The molecule has 154 valence electrons. The van der Waals surface area contributed by atoms with E-state index in [1.807, 2.05) is 20.8 Å². The molecule has 9 nitrogen and oxygen atoms in total. The normalized spacial score (nSPS) is 28.0. The SMILES string of the molecule is CN(CCc1nnc([C@@H]2CC3(CC3)C3CC2C(=O)N3O)o1)C(=O)OC(C)(C)C. The van der Waals surface area contributed by atoms with Gasteiger partial charge in [0.15, 0.2) is 0 Å². The maximum atomic E-state index is 12.4. The molecule has 4 rings (SSSR count). The zero-order chi connectivity index (χ0) is 20.3. The quantitative estimate of drug-likeness (QED) is 0.783. The number of fused-ring (bicyclic) bond motifs is 3. The average Bonchev–Trinajstić information content (AvgIpc) is 3.12. The summed E-state index contributed by atoms with van der Waals surface area (Å²) in [7, 11) is 1.66. The van der Waals surface area contributed by atoms with Crippen molar-refractivity contribution in [3.05, 3.63) is 11.8 Å². The van der Waals surface area contributed by atoms with E-state index in [1.165, 1.54) is 4.90 Å². The van der Waals surface area contributed by atoms with Gasteiger partial charge in [0.2, 0.25) is 17.7 Å². The molecule has 1 spiro atoms. The lowest BCUT2D eigenvalue weighted by molar-refractivity contribution is -0.170. The van der Waals surface area contributed by atoms with Gasteiger partial charge in [-0.2, -0.15) is 0 Å². The van der Waals surface area contributed by atoms with Gasteiger partial charge in [0.1, 0.15) is 5.60 Å². The first-order valence-electron chi connectivity index (χ1n) is 9.88. The van der Waals surface area contributed by atoms with Gasteiger partial charge in [-0.05, 0) is 51.9 Å². The zero-order valence-electron chi connectivity index (χ0n) is 16.8. The number of ether oxygens (including phenoxy) is 1. The molecule has 9 heteroatoms. The summed E-state index contributed by atoms with van der Waals surface area (Å²) in [6.45, 7) is 5.85. The Morgan fingerprint density at radius 3 is 2.71 bits per heavy atom. The van der Waals surface area contributed by atoms with Crippen LogP contribution in [-0.4, -0.2) is 62.6 Å². The lowest BCUT2D eigenvalue weighted by atomic mass is 9.72. The van der Waals surface area contributed by atoms with Gasteiger partial charge in [-0.15, -0.1) is 10.2 Å². The highest BCUT2D eigenvalue weighted by Gasteiger charge is 2.64. The van der Waals surface area contributed by atoms with Gasteiger partial charge >= 0.3 is 6.09 Å². The Hall–Kier alpha value is -2.16. The van der Waals surface area contributed by atoms with Gasteiger partial charge in [0.05, 0.1) is 12.0 Å². The minimum Gasteiger partial charge on any atom is -0.444 e. The fourth-order valence-corrected chi connectivity index (χ4v) is 4.50. The average molecular weight is 392 g/mol. The highest BCUT2D eigenvalue weighted by molar-refractivity contribution is 5.82. The van der Waals surface area contributed by atoms with Gasteiger partial charge in [0.25, 0.3) is 0 Å². The van der Waals surface area contributed by atoms with Crippen LogP contribution in [-0.2, 0) is 16.0 Å². The van der Waals surface area contributed by atoms with Gasteiger partial charge < -0.3 is 14.1 Å². The first kappa shape index (κ1) is 19.2. The second-order valence-corrected chi connectivity index (χ2v) is 9.40. The van der Waals surface area contributed by atoms with Crippen LogP contribution in [0.4, 0.5) is 4.79 Å². The number of likely N-dealkylation sites (N-methyl/N-ethyl adjacent to an activating group) is 1. The van der Waals surface area contributed by atoms with Crippen molar-refractivity contribution in [1.82, 2.24) is 20.2 Å². The van der Waals surface area contributed by atoms with Gasteiger partial charge in [0, 0.05) is 25.9 Å². The number of rotatable bonds is 4. The summed E-state index contributed by atoms with van der Waals surface area (Å²) < 4.78 is 11.2. The van der Waals surface area contributed by atoms with E-state index < -0.39 is 11.7 Å². The summed E-state index contributed by atoms with van der Waals surface area (Å²) >= 11 is 0. The van der Waals surface area contributed by atoms with Crippen LogP contribution >= 0.6 is 0 Å². The van der Waals surface area contributed by atoms with Crippen LogP contribution in [0.15, 0.2) is 4.42 Å². The largest absolute Gasteiger partial charge is 0.444 e. The fourth-order valence-electron chi connectivity index (χ4n) is 4.50. The number of hydrogen-bond acceptors (Lipinski definition) is 7. The topological polar surface area (TPSA) is 109 Å². The lowest BCUT2D eigenvalue weighted by Crippen LogP contribution is -2.36. The minimum absolute atomic E-state index is 0.00758. The smallest absolute Gasteiger partial charge is 0.410 e. The summed E-state index contributed by atoms with van der Waals surface area (Å²) in [6.07, 6.45) is 3.50. The molecule has 1 aromatic rings. The second kappa shape index (κ2) is 6.43. The molecular weight excluding hydrogens is 364 g/mol. The standard InChI is InChI=1S/C19H28N4O5/c1-18(2,3)28-17(25)22(4)8-5-14-20-21-15(27-14)12-10-19(6-7-19)13-9-11(12)16(24)23(13)26/h11-13,26H,5-10H2,1-4H3/t11?,12-,13?/m1/s1. The molecular formula is C19H28N4O5. The van der Waals surface area contributed by atoms with Crippen molar-refractivity contribution in [3.63, 3.8) is 0 Å². The highest BCUT2D eigenvalue weighted by Crippen LogP contribution is 2.64. The minimum atomic E-state index is -0.547. The number of carbonyl (C=O) groups excluding carboxylic acids is 2. The predicted octanol–water partition coefficient (Wildman–Crippen LogP) is 2.35.